The van der Waals surface area contributed by atoms with E-state index in [4.69, 9.17) is 0 Å². The summed E-state index contributed by atoms with van der Waals surface area (Å²) in [4.78, 5) is 12.3. The third-order valence-electron chi connectivity index (χ3n) is 8.90. The Bertz CT molecular complexity index is 775. The molecule has 0 heterocycles. The van der Waals surface area contributed by atoms with Gasteiger partial charge in [0.05, 0.1) is 18.8 Å². The van der Waals surface area contributed by atoms with Crippen molar-refractivity contribution in [2.75, 3.05) is 6.61 Å². The normalized spacial score (nSPS) is 14.2. The van der Waals surface area contributed by atoms with Crippen LogP contribution in [0.4, 0.5) is 0 Å². The molecular formula is C42H77NO4. The highest BCUT2D eigenvalue weighted by atomic mass is 16.3. The molecule has 0 bridgehead atoms. The van der Waals surface area contributed by atoms with Crippen LogP contribution in [0.2, 0.25) is 0 Å². The van der Waals surface area contributed by atoms with Crippen LogP contribution in [0.3, 0.4) is 0 Å². The summed E-state index contributed by atoms with van der Waals surface area (Å²) in [6, 6.07) is -0.862. The molecule has 0 saturated heterocycles. The minimum Gasteiger partial charge on any atom is -0.394 e. The van der Waals surface area contributed by atoms with E-state index in [0.29, 0.717) is 12.8 Å². The lowest BCUT2D eigenvalue weighted by molar-refractivity contribution is -0.124. The van der Waals surface area contributed by atoms with E-state index < -0.39 is 24.9 Å². The zero-order valence-corrected chi connectivity index (χ0v) is 30.9. The first-order valence-corrected chi connectivity index (χ1v) is 19.9. The maximum absolute atomic E-state index is 12.3. The molecule has 0 aromatic carbocycles. The van der Waals surface area contributed by atoms with Crippen molar-refractivity contribution in [3.8, 4) is 0 Å². The number of hydrogen-bond acceptors (Lipinski definition) is 4. The highest BCUT2D eigenvalue weighted by Crippen LogP contribution is 2.13. The number of amides is 1. The SMILES string of the molecule is CCCCCCCC/C=C\C/C=C\CCC(=O)NC(CO)C(O)C(O)CCC/C=C/CC/C=C/CCCCCCCCCCCCC. The van der Waals surface area contributed by atoms with E-state index in [1.165, 1.54) is 116 Å². The maximum Gasteiger partial charge on any atom is 0.220 e. The van der Waals surface area contributed by atoms with E-state index >= 15 is 0 Å². The topological polar surface area (TPSA) is 89.8 Å². The van der Waals surface area contributed by atoms with E-state index in [-0.39, 0.29) is 12.3 Å². The second-order valence-corrected chi connectivity index (χ2v) is 13.5. The van der Waals surface area contributed by atoms with Crippen molar-refractivity contribution in [2.45, 2.75) is 205 Å². The second kappa shape index (κ2) is 37.1. The van der Waals surface area contributed by atoms with Gasteiger partial charge in [-0.05, 0) is 70.6 Å². The minimum atomic E-state index is -1.19. The van der Waals surface area contributed by atoms with Crippen molar-refractivity contribution >= 4 is 5.91 Å². The molecule has 0 aromatic rings. The molecule has 0 aliphatic rings. The number of rotatable bonds is 35. The maximum atomic E-state index is 12.3. The molecule has 5 nitrogen and oxygen atoms in total. The van der Waals surface area contributed by atoms with Crippen LogP contribution in [-0.2, 0) is 4.79 Å². The molecule has 0 aromatic heterocycles. The summed E-state index contributed by atoms with van der Waals surface area (Å²) >= 11 is 0. The van der Waals surface area contributed by atoms with Gasteiger partial charge in [0.15, 0.2) is 0 Å². The smallest absolute Gasteiger partial charge is 0.220 e. The van der Waals surface area contributed by atoms with E-state index in [0.717, 1.165) is 38.5 Å². The summed E-state index contributed by atoms with van der Waals surface area (Å²) in [6.45, 7) is 4.11. The highest BCUT2D eigenvalue weighted by molar-refractivity contribution is 5.76. The highest BCUT2D eigenvalue weighted by Gasteiger charge is 2.26. The van der Waals surface area contributed by atoms with Gasteiger partial charge in [0, 0.05) is 6.42 Å². The minimum absolute atomic E-state index is 0.227. The van der Waals surface area contributed by atoms with Gasteiger partial charge in [-0.3, -0.25) is 4.79 Å². The van der Waals surface area contributed by atoms with Gasteiger partial charge in [0.2, 0.25) is 5.91 Å². The first-order valence-electron chi connectivity index (χ1n) is 19.9. The zero-order valence-electron chi connectivity index (χ0n) is 30.9. The first-order chi connectivity index (χ1) is 23.1. The van der Waals surface area contributed by atoms with Gasteiger partial charge in [0.1, 0.15) is 6.10 Å². The third kappa shape index (κ3) is 32.6. The number of aliphatic hydroxyl groups excluding tert-OH is 3. The Hall–Kier alpha value is -1.69. The van der Waals surface area contributed by atoms with Crippen molar-refractivity contribution < 1.29 is 20.1 Å². The molecule has 0 rings (SSSR count). The van der Waals surface area contributed by atoms with Gasteiger partial charge in [-0.2, -0.15) is 0 Å². The molecule has 4 N–H and O–H groups in total. The average Bonchev–Trinajstić information content (AvgIpc) is 3.07. The Morgan fingerprint density at radius 3 is 1.43 bits per heavy atom. The molecule has 3 unspecified atom stereocenters. The van der Waals surface area contributed by atoms with E-state index in [1.807, 2.05) is 6.08 Å². The quantitative estimate of drug-likeness (QED) is 0.0402. The lowest BCUT2D eigenvalue weighted by Crippen LogP contribution is -2.50. The lowest BCUT2D eigenvalue weighted by atomic mass is 10.0. The Kier molecular flexibility index (Phi) is 35.8. The third-order valence-corrected chi connectivity index (χ3v) is 8.90. The number of carbonyl (C=O) groups excluding carboxylic acids is 1. The molecule has 0 saturated carbocycles. The molecule has 0 spiro atoms. The largest absolute Gasteiger partial charge is 0.394 e. The van der Waals surface area contributed by atoms with Gasteiger partial charge in [-0.25, -0.2) is 0 Å². The van der Waals surface area contributed by atoms with Crippen LogP contribution >= 0.6 is 0 Å². The predicted octanol–water partition coefficient (Wildman–Crippen LogP) is 11.0. The molecule has 0 aliphatic carbocycles. The van der Waals surface area contributed by atoms with Crippen molar-refractivity contribution in [1.82, 2.24) is 5.32 Å². The summed E-state index contributed by atoms with van der Waals surface area (Å²) in [5.41, 5.74) is 0. The molecule has 274 valence electrons. The molecule has 5 heteroatoms. The summed E-state index contributed by atoms with van der Waals surface area (Å²) in [5, 5.41) is 33.3. The van der Waals surface area contributed by atoms with Crippen LogP contribution in [0, 0.1) is 0 Å². The molecule has 0 fully saturated rings. The van der Waals surface area contributed by atoms with Gasteiger partial charge >= 0.3 is 0 Å². The number of allylic oxidation sites excluding steroid dienone is 8. The van der Waals surface area contributed by atoms with Crippen LogP contribution in [0.5, 0.6) is 0 Å². The summed E-state index contributed by atoms with van der Waals surface area (Å²) < 4.78 is 0. The van der Waals surface area contributed by atoms with E-state index in [9.17, 15) is 20.1 Å². The second-order valence-electron chi connectivity index (χ2n) is 13.5. The van der Waals surface area contributed by atoms with Crippen molar-refractivity contribution in [3.05, 3.63) is 48.6 Å². The van der Waals surface area contributed by atoms with Gasteiger partial charge in [0.25, 0.3) is 0 Å². The number of aliphatic hydroxyl groups is 3. The number of nitrogens with one attached hydrogen (secondary N) is 1. The first kappa shape index (κ1) is 45.3. The fourth-order valence-electron chi connectivity index (χ4n) is 5.76. The summed E-state index contributed by atoms with van der Waals surface area (Å²) in [6.07, 6.45) is 46.5. The van der Waals surface area contributed by atoms with Crippen LogP contribution in [0.25, 0.3) is 0 Å². The standard InChI is InChI=1S/C42H77NO4/c1-3-5-7-9-11-13-15-17-18-19-20-21-22-23-25-26-28-30-32-34-36-40(45)42(47)39(38-44)43-41(46)37-35-33-31-29-27-24-16-14-12-10-8-6-4-2/h22-24,27-28,30-31,33,39-40,42,44-45,47H,3-21,25-26,29,32,34-38H2,1-2H3,(H,43,46)/b23-22+,27-24-,30-28+,33-31-. The average molecular weight is 660 g/mol. The Morgan fingerprint density at radius 2 is 0.936 bits per heavy atom. The summed E-state index contributed by atoms with van der Waals surface area (Å²) in [7, 11) is 0. The van der Waals surface area contributed by atoms with Crippen molar-refractivity contribution in [1.29, 1.82) is 0 Å². The van der Waals surface area contributed by atoms with E-state index in [2.05, 4.69) is 61.7 Å². The number of unbranched alkanes of at least 4 members (excludes halogenated alkanes) is 19. The van der Waals surface area contributed by atoms with Crippen molar-refractivity contribution in [2.24, 2.45) is 0 Å². The molecule has 0 aliphatic heterocycles. The van der Waals surface area contributed by atoms with Gasteiger partial charge < -0.3 is 20.6 Å². The molecular weight excluding hydrogens is 582 g/mol. The zero-order chi connectivity index (χ0) is 34.5. The molecule has 47 heavy (non-hydrogen) atoms. The van der Waals surface area contributed by atoms with Crippen LogP contribution in [-0.4, -0.2) is 46.1 Å². The van der Waals surface area contributed by atoms with Crippen LogP contribution in [0.15, 0.2) is 48.6 Å². The molecule has 3 atom stereocenters. The van der Waals surface area contributed by atoms with Crippen LogP contribution in [0.1, 0.15) is 187 Å². The molecule has 0 radical (unpaired) electrons. The van der Waals surface area contributed by atoms with E-state index in [1.54, 1.807) is 0 Å². The Balaban J connectivity index is 3.81. The fourth-order valence-corrected chi connectivity index (χ4v) is 5.76. The Labute approximate surface area is 291 Å². The van der Waals surface area contributed by atoms with Crippen molar-refractivity contribution in [3.63, 3.8) is 0 Å². The fraction of sp³-hybridized carbons (Fsp3) is 0.786. The number of carbonyl (C=O) groups is 1. The lowest BCUT2D eigenvalue weighted by Gasteiger charge is -2.26. The van der Waals surface area contributed by atoms with Gasteiger partial charge in [-0.1, -0.05) is 159 Å². The monoisotopic (exact) mass is 660 g/mol. The van der Waals surface area contributed by atoms with Crippen LogP contribution < -0.4 is 5.32 Å². The predicted molar refractivity (Wildman–Crippen MR) is 204 cm³/mol. The molecule has 1 amide bonds. The Morgan fingerprint density at radius 1 is 0.532 bits per heavy atom. The van der Waals surface area contributed by atoms with Gasteiger partial charge in [-0.15, -0.1) is 0 Å². The number of hydrogen-bond donors (Lipinski definition) is 4. The summed E-state index contributed by atoms with van der Waals surface area (Å²) in [5.74, 6) is -0.227.